The summed E-state index contributed by atoms with van der Waals surface area (Å²) in [6.07, 6.45) is 1.06. The summed E-state index contributed by atoms with van der Waals surface area (Å²) in [5.41, 5.74) is 1.58. The smallest absolute Gasteiger partial charge is 0.196 e. The van der Waals surface area contributed by atoms with Gasteiger partial charge in [0.2, 0.25) is 0 Å². The Morgan fingerprint density at radius 3 is 2.60 bits per heavy atom. The lowest BCUT2D eigenvalue weighted by Gasteiger charge is -2.14. The van der Waals surface area contributed by atoms with Crippen LogP contribution < -0.4 is 9.47 Å². The summed E-state index contributed by atoms with van der Waals surface area (Å²) in [5.74, 6) is 3.29. The molecule has 0 spiro atoms. The number of halogens is 2. The average molecular weight is 466 g/mol. The third-order valence-corrected chi connectivity index (χ3v) is 6.59. The quantitative estimate of drug-likeness (QED) is 0.436. The topological polar surface area (TPSA) is 58.4 Å². The highest BCUT2D eigenvalue weighted by Gasteiger charge is 2.22. The molecule has 0 radical (unpaired) electrons. The van der Waals surface area contributed by atoms with Crippen LogP contribution in [0.1, 0.15) is 6.42 Å². The lowest BCUT2D eigenvalue weighted by atomic mass is 10.2. The standard InChI is InChI=1S/C21H21Cl2N3O3S/c1-27-18-5-3-14(22)9-16(18)20-24-25-21(30-12-13-7-8-29-11-13)26(20)15-4-6-19(28-2)17(23)10-15/h3-6,9-10,13H,7-8,11-12H2,1-2H3. The Kier molecular flexibility index (Phi) is 6.73. The Hall–Kier alpha value is -1.93. The van der Waals surface area contributed by atoms with Crippen molar-refractivity contribution in [2.75, 3.05) is 33.2 Å². The Morgan fingerprint density at radius 1 is 1.10 bits per heavy atom. The summed E-state index contributed by atoms with van der Waals surface area (Å²) in [4.78, 5) is 0. The van der Waals surface area contributed by atoms with Crippen molar-refractivity contribution in [3.63, 3.8) is 0 Å². The van der Waals surface area contributed by atoms with Crippen LogP contribution in [-0.2, 0) is 4.74 Å². The maximum absolute atomic E-state index is 6.41. The van der Waals surface area contributed by atoms with Crippen molar-refractivity contribution in [2.45, 2.75) is 11.6 Å². The van der Waals surface area contributed by atoms with Crippen molar-refractivity contribution in [2.24, 2.45) is 5.92 Å². The van der Waals surface area contributed by atoms with Crippen LogP contribution in [0.2, 0.25) is 10.0 Å². The van der Waals surface area contributed by atoms with Gasteiger partial charge in [-0.25, -0.2) is 0 Å². The maximum atomic E-state index is 6.41. The van der Waals surface area contributed by atoms with E-state index in [1.807, 2.05) is 34.9 Å². The molecule has 0 saturated carbocycles. The molecule has 2 heterocycles. The lowest BCUT2D eigenvalue weighted by molar-refractivity contribution is 0.189. The van der Waals surface area contributed by atoms with E-state index in [0.29, 0.717) is 33.3 Å². The molecule has 4 rings (SSSR count). The maximum Gasteiger partial charge on any atom is 0.196 e. The van der Waals surface area contributed by atoms with Crippen LogP contribution in [0.5, 0.6) is 11.5 Å². The van der Waals surface area contributed by atoms with Gasteiger partial charge in [-0.2, -0.15) is 0 Å². The molecule has 3 aromatic rings. The molecule has 1 unspecified atom stereocenters. The molecule has 2 aromatic carbocycles. The second-order valence-electron chi connectivity index (χ2n) is 6.85. The number of rotatable bonds is 7. The number of hydrogen-bond donors (Lipinski definition) is 0. The van der Waals surface area contributed by atoms with E-state index in [1.165, 1.54) is 0 Å². The van der Waals surface area contributed by atoms with Crippen molar-refractivity contribution < 1.29 is 14.2 Å². The number of aromatic nitrogens is 3. The predicted octanol–water partition coefficient (Wildman–Crippen LogP) is 5.39. The highest BCUT2D eigenvalue weighted by molar-refractivity contribution is 7.99. The Labute approximate surface area is 189 Å². The first-order valence-corrected chi connectivity index (χ1v) is 11.2. The second kappa shape index (κ2) is 9.47. The van der Waals surface area contributed by atoms with Gasteiger partial charge in [-0.3, -0.25) is 4.57 Å². The van der Waals surface area contributed by atoms with Crippen LogP contribution >= 0.6 is 35.0 Å². The third-order valence-electron chi connectivity index (χ3n) is 4.90. The monoisotopic (exact) mass is 465 g/mol. The molecule has 0 amide bonds. The number of ether oxygens (including phenoxy) is 3. The summed E-state index contributed by atoms with van der Waals surface area (Å²) in [6, 6.07) is 11.0. The number of methoxy groups -OCH3 is 2. The third kappa shape index (κ3) is 4.39. The highest BCUT2D eigenvalue weighted by atomic mass is 35.5. The Bertz CT molecular complexity index is 1040. The number of nitrogens with zero attached hydrogens (tertiary/aromatic N) is 3. The SMILES string of the molecule is COc1ccc(-n2c(SCC3CCOC3)nnc2-c2cc(Cl)ccc2OC)cc1Cl. The van der Waals surface area contributed by atoms with E-state index in [1.54, 1.807) is 32.0 Å². The van der Waals surface area contributed by atoms with Gasteiger partial charge >= 0.3 is 0 Å². The minimum absolute atomic E-state index is 0.503. The number of hydrogen-bond acceptors (Lipinski definition) is 6. The molecule has 1 atom stereocenters. The molecule has 9 heteroatoms. The molecule has 1 aliphatic rings. The first-order chi connectivity index (χ1) is 14.6. The van der Waals surface area contributed by atoms with Crippen LogP contribution in [0.25, 0.3) is 17.1 Å². The van der Waals surface area contributed by atoms with Crippen molar-refractivity contribution >= 4 is 35.0 Å². The largest absolute Gasteiger partial charge is 0.496 e. The Balaban J connectivity index is 1.80. The summed E-state index contributed by atoms with van der Waals surface area (Å²) < 4.78 is 18.3. The van der Waals surface area contributed by atoms with E-state index in [2.05, 4.69) is 10.2 Å². The van der Waals surface area contributed by atoms with Crippen molar-refractivity contribution in [1.82, 2.24) is 14.8 Å². The van der Waals surface area contributed by atoms with Gasteiger partial charge in [-0.05, 0) is 48.7 Å². The van der Waals surface area contributed by atoms with Crippen molar-refractivity contribution in [1.29, 1.82) is 0 Å². The lowest BCUT2D eigenvalue weighted by Crippen LogP contribution is -2.05. The van der Waals surface area contributed by atoms with Gasteiger partial charge in [-0.1, -0.05) is 35.0 Å². The van der Waals surface area contributed by atoms with Gasteiger partial charge < -0.3 is 14.2 Å². The zero-order valence-corrected chi connectivity index (χ0v) is 18.9. The van der Waals surface area contributed by atoms with Gasteiger partial charge in [0.25, 0.3) is 0 Å². The molecule has 1 aromatic heterocycles. The zero-order valence-electron chi connectivity index (χ0n) is 16.6. The summed E-state index contributed by atoms with van der Waals surface area (Å²) in [7, 11) is 3.21. The van der Waals surface area contributed by atoms with E-state index in [-0.39, 0.29) is 0 Å². The summed E-state index contributed by atoms with van der Waals surface area (Å²) in [5, 5.41) is 10.8. The first kappa shape index (κ1) is 21.3. The molecular formula is C21H21Cl2N3O3S. The Morgan fingerprint density at radius 2 is 1.90 bits per heavy atom. The van der Waals surface area contributed by atoms with E-state index in [9.17, 15) is 0 Å². The van der Waals surface area contributed by atoms with Gasteiger partial charge in [0, 0.05) is 17.4 Å². The highest BCUT2D eigenvalue weighted by Crippen LogP contribution is 2.37. The van der Waals surface area contributed by atoms with Gasteiger partial charge in [-0.15, -0.1) is 10.2 Å². The number of benzene rings is 2. The fraction of sp³-hybridized carbons (Fsp3) is 0.333. The molecule has 158 valence electrons. The first-order valence-electron chi connectivity index (χ1n) is 9.44. The van der Waals surface area contributed by atoms with Crippen LogP contribution in [0.4, 0.5) is 0 Å². The normalized spacial score (nSPS) is 16.1. The number of thioether (sulfide) groups is 1. The minimum atomic E-state index is 0.503. The van der Waals surface area contributed by atoms with E-state index < -0.39 is 0 Å². The molecular weight excluding hydrogens is 445 g/mol. The van der Waals surface area contributed by atoms with E-state index in [4.69, 9.17) is 37.4 Å². The molecule has 6 nitrogen and oxygen atoms in total. The summed E-state index contributed by atoms with van der Waals surface area (Å²) in [6.45, 7) is 1.60. The zero-order chi connectivity index (χ0) is 21.1. The molecule has 0 N–H and O–H groups in total. The minimum Gasteiger partial charge on any atom is -0.496 e. The van der Waals surface area contributed by atoms with Crippen LogP contribution in [0.3, 0.4) is 0 Å². The van der Waals surface area contributed by atoms with Gasteiger partial charge in [0.05, 0.1) is 37.1 Å². The van der Waals surface area contributed by atoms with E-state index in [0.717, 1.165) is 41.8 Å². The van der Waals surface area contributed by atoms with Gasteiger partial charge in [0.15, 0.2) is 11.0 Å². The second-order valence-corrected chi connectivity index (χ2v) is 8.68. The van der Waals surface area contributed by atoms with Crippen molar-refractivity contribution in [3.8, 4) is 28.6 Å². The fourth-order valence-corrected chi connectivity index (χ4v) is 4.82. The molecule has 0 bridgehead atoms. The molecule has 1 aliphatic heterocycles. The molecule has 1 saturated heterocycles. The van der Waals surface area contributed by atoms with Crippen LogP contribution in [0, 0.1) is 5.92 Å². The molecule has 0 aliphatic carbocycles. The molecule has 1 fully saturated rings. The summed E-state index contributed by atoms with van der Waals surface area (Å²) >= 11 is 14.3. The van der Waals surface area contributed by atoms with Gasteiger partial charge in [0.1, 0.15) is 11.5 Å². The molecule has 30 heavy (non-hydrogen) atoms. The van der Waals surface area contributed by atoms with Crippen molar-refractivity contribution in [3.05, 3.63) is 46.4 Å². The average Bonchev–Trinajstić information content (AvgIpc) is 3.42. The predicted molar refractivity (Wildman–Crippen MR) is 120 cm³/mol. The van der Waals surface area contributed by atoms with Crippen LogP contribution in [-0.4, -0.2) is 48.0 Å². The van der Waals surface area contributed by atoms with Crippen LogP contribution in [0.15, 0.2) is 41.6 Å². The fourth-order valence-electron chi connectivity index (χ4n) is 3.33. The van der Waals surface area contributed by atoms with E-state index >= 15 is 0 Å².